The van der Waals surface area contributed by atoms with E-state index in [0.29, 0.717) is 23.7 Å². The van der Waals surface area contributed by atoms with Crippen molar-refractivity contribution in [3.05, 3.63) is 12.2 Å². The largest absolute Gasteiger partial charge is 0.393 e. The first-order chi connectivity index (χ1) is 12.8. The Labute approximate surface area is 166 Å². The smallest absolute Gasteiger partial charge is 0.0621 e. The molecule has 1 aliphatic heterocycles. The molecule has 3 aliphatic carbocycles. The lowest BCUT2D eigenvalue weighted by atomic mass is 9.50. The summed E-state index contributed by atoms with van der Waals surface area (Å²) in [7, 11) is 0. The third-order valence-electron chi connectivity index (χ3n) is 9.49. The average Bonchev–Trinajstić information content (AvgIpc) is 3.25. The topological polar surface area (TPSA) is 43.7 Å². The van der Waals surface area contributed by atoms with E-state index < -0.39 is 0 Å². The fourth-order valence-electron chi connectivity index (χ4n) is 7.48. The molecule has 3 saturated carbocycles. The van der Waals surface area contributed by atoms with Gasteiger partial charge in [-0.1, -0.05) is 26.0 Å². The van der Waals surface area contributed by atoms with E-state index >= 15 is 0 Å². The second kappa shape index (κ2) is 7.46. The minimum Gasteiger partial charge on any atom is -0.393 e. The Morgan fingerprint density at radius 1 is 1.04 bits per heavy atom. The maximum Gasteiger partial charge on any atom is 0.0621 e. The number of nitrogens with zero attached hydrogens (tertiary/aromatic N) is 1. The van der Waals surface area contributed by atoms with Gasteiger partial charge in [0.05, 0.1) is 12.2 Å². The van der Waals surface area contributed by atoms with Gasteiger partial charge < -0.3 is 15.1 Å². The molecule has 0 aromatic heterocycles. The quantitative estimate of drug-likeness (QED) is 0.717. The molecule has 2 unspecified atom stereocenters. The van der Waals surface area contributed by atoms with Gasteiger partial charge in [-0.3, -0.25) is 0 Å². The Balaban J connectivity index is 1.57. The van der Waals surface area contributed by atoms with Gasteiger partial charge in [0.1, 0.15) is 0 Å². The number of aliphatic hydroxyl groups excluding tert-OH is 2. The Kier molecular flexibility index (Phi) is 5.50. The fraction of sp³-hybridized carbons (Fsp3) is 0.917. The summed E-state index contributed by atoms with van der Waals surface area (Å²) in [5.41, 5.74) is 1.78. The van der Waals surface area contributed by atoms with Crippen LogP contribution in [0.5, 0.6) is 0 Å². The van der Waals surface area contributed by atoms with Crippen LogP contribution in [0.2, 0.25) is 0 Å². The molecule has 4 fully saturated rings. The van der Waals surface area contributed by atoms with Gasteiger partial charge >= 0.3 is 0 Å². The third-order valence-corrected chi connectivity index (χ3v) is 9.49. The molecule has 2 N–H and O–H groups in total. The van der Waals surface area contributed by atoms with Gasteiger partial charge in [0.25, 0.3) is 0 Å². The van der Waals surface area contributed by atoms with Crippen molar-refractivity contribution in [3.63, 3.8) is 0 Å². The van der Waals surface area contributed by atoms with Crippen LogP contribution in [0.25, 0.3) is 0 Å². The SMILES string of the molecule is C=C1CCC2[C@H](CCN3CCCC3)C([C@@]3(C)CC[C@H](O)C[C@@H]3O)CC[C@]12C. The Bertz CT molecular complexity index is 557. The Morgan fingerprint density at radius 3 is 2.48 bits per heavy atom. The molecule has 1 heterocycles. The molecular formula is C24H41NO2. The summed E-state index contributed by atoms with van der Waals surface area (Å²) < 4.78 is 0. The summed E-state index contributed by atoms with van der Waals surface area (Å²) in [6.45, 7) is 13.1. The van der Waals surface area contributed by atoms with Crippen molar-refractivity contribution in [1.82, 2.24) is 4.90 Å². The van der Waals surface area contributed by atoms with Crippen molar-refractivity contribution in [3.8, 4) is 0 Å². The molecule has 154 valence electrons. The fourth-order valence-corrected chi connectivity index (χ4v) is 7.48. The highest BCUT2D eigenvalue weighted by atomic mass is 16.3. The third kappa shape index (κ3) is 3.42. The standard InChI is InChI=1S/C24H41NO2/c1-17-6-7-20-19(10-15-25-13-4-5-14-25)21(9-12-23(17,20)2)24(3)11-8-18(26)16-22(24)27/h18-22,26-27H,1,4-16H2,2-3H3/t18-,19-,20?,21?,22-,23+,24+/m0/s1. The van der Waals surface area contributed by atoms with Gasteiger partial charge in [0.15, 0.2) is 0 Å². The lowest BCUT2D eigenvalue weighted by Gasteiger charge is -2.56. The lowest BCUT2D eigenvalue weighted by molar-refractivity contribution is -0.121. The number of hydrogen-bond donors (Lipinski definition) is 2. The first kappa shape index (κ1) is 19.9. The minimum atomic E-state index is -0.352. The van der Waals surface area contributed by atoms with E-state index in [2.05, 4.69) is 25.3 Å². The monoisotopic (exact) mass is 375 g/mol. The highest BCUT2D eigenvalue weighted by molar-refractivity contribution is 5.20. The average molecular weight is 376 g/mol. The molecule has 0 spiro atoms. The first-order valence-corrected chi connectivity index (χ1v) is 11.6. The van der Waals surface area contributed by atoms with Crippen LogP contribution >= 0.6 is 0 Å². The molecular weight excluding hydrogens is 334 g/mol. The van der Waals surface area contributed by atoms with Crippen LogP contribution in [-0.2, 0) is 0 Å². The van der Waals surface area contributed by atoms with E-state index in [1.54, 1.807) is 0 Å². The number of fused-ring (bicyclic) bond motifs is 1. The minimum absolute atomic E-state index is 0.0276. The van der Waals surface area contributed by atoms with Crippen LogP contribution in [0.1, 0.15) is 78.1 Å². The number of likely N-dealkylation sites (tertiary alicyclic amines) is 1. The van der Waals surface area contributed by atoms with Crippen molar-refractivity contribution in [2.75, 3.05) is 19.6 Å². The van der Waals surface area contributed by atoms with E-state index in [0.717, 1.165) is 18.8 Å². The molecule has 0 amide bonds. The van der Waals surface area contributed by atoms with E-state index in [9.17, 15) is 10.2 Å². The van der Waals surface area contributed by atoms with Crippen LogP contribution in [0.4, 0.5) is 0 Å². The van der Waals surface area contributed by atoms with Crippen molar-refractivity contribution in [2.45, 2.75) is 90.3 Å². The molecule has 3 heteroatoms. The maximum absolute atomic E-state index is 11.0. The zero-order valence-electron chi connectivity index (χ0n) is 17.6. The first-order valence-electron chi connectivity index (χ1n) is 11.6. The summed E-state index contributed by atoms with van der Waals surface area (Å²) in [6, 6.07) is 0. The number of allylic oxidation sites excluding steroid dienone is 1. The number of hydrogen-bond acceptors (Lipinski definition) is 3. The van der Waals surface area contributed by atoms with E-state index in [4.69, 9.17) is 0 Å². The van der Waals surface area contributed by atoms with E-state index in [1.165, 1.54) is 70.2 Å². The van der Waals surface area contributed by atoms with Crippen LogP contribution in [0, 0.1) is 28.6 Å². The Morgan fingerprint density at radius 2 is 1.78 bits per heavy atom. The predicted molar refractivity (Wildman–Crippen MR) is 110 cm³/mol. The molecule has 3 nitrogen and oxygen atoms in total. The van der Waals surface area contributed by atoms with Crippen molar-refractivity contribution in [2.24, 2.45) is 28.6 Å². The van der Waals surface area contributed by atoms with Crippen molar-refractivity contribution in [1.29, 1.82) is 0 Å². The normalized spacial score (nSPS) is 48.7. The van der Waals surface area contributed by atoms with Gasteiger partial charge in [-0.2, -0.15) is 0 Å². The zero-order chi connectivity index (χ0) is 19.2. The van der Waals surface area contributed by atoms with Gasteiger partial charge in [0.2, 0.25) is 0 Å². The maximum atomic E-state index is 11.0. The molecule has 1 saturated heterocycles. The number of aliphatic hydroxyl groups is 2. The second-order valence-corrected chi connectivity index (χ2v) is 10.8. The molecule has 0 aromatic carbocycles. The Hall–Kier alpha value is -0.380. The number of rotatable bonds is 4. The highest BCUT2D eigenvalue weighted by Crippen LogP contribution is 2.63. The summed E-state index contributed by atoms with van der Waals surface area (Å²) in [4.78, 5) is 2.66. The van der Waals surface area contributed by atoms with Crippen LogP contribution < -0.4 is 0 Å². The van der Waals surface area contributed by atoms with Crippen LogP contribution in [0.3, 0.4) is 0 Å². The molecule has 4 aliphatic rings. The predicted octanol–water partition coefficient (Wildman–Crippen LogP) is 4.38. The summed E-state index contributed by atoms with van der Waals surface area (Å²) in [5.74, 6) is 2.02. The summed E-state index contributed by atoms with van der Waals surface area (Å²) >= 11 is 0. The molecule has 0 aromatic rings. The van der Waals surface area contributed by atoms with Crippen LogP contribution in [-0.4, -0.2) is 47.0 Å². The molecule has 0 bridgehead atoms. The van der Waals surface area contributed by atoms with E-state index in [1.807, 2.05) is 0 Å². The molecule has 4 rings (SSSR count). The molecule has 0 radical (unpaired) electrons. The molecule has 7 atom stereocenters. The van der Waals surface area contributed by atoms with E-state index in [-0.39, 0.29) is 17.6 Å². The van der Waals surface area contributed by atoms with Crippen molar-refractivity contribution >= 4 is 0 Å². The van der Waals surface area contributed by atoms with Crippen molar-refractivity contribution < 1.29 is 10.2 Å². The van der Waals surface area contributed by atoms with Gasteiger partial charge in [-0.25, -0.2) is 0 Å². The van der Waals surface area contributed by atoms with Crippen LogP contribution in [0.15, 0.2) is 12.2 Å². The van der Waals surface area contributed by atoms with Gasteiger partial charge in [0, 0.05) is 0 Å². The second-order valence-electron chi connectivity index (χ2n) is 10.8. The summed E-state index contributed by atoms with van der Waals surface area (Å²) in [5, 5.41) is 21.1. The zero-order valence-corrected chi connectivity index (χ0v) is 17.6. The molecule has 27 heavy (non-hydrogen) atoms. The lowest BCUT2D eigenvalue weighted by Crippen LogP contribution is -2.52. The van der Waals surface area contributed by atoms with Gasteiger partial charge in [-0.05, 0) is 112 Å². The van der Waals surface area contributed by atoms with Gasteiger partial charge in [-0.15, -0.1) is 0 Å². The highest BCUT2D eigenvalue weighted by Gasteiger charge is 2.56. The summed E-state index contributed by atoms with van der Waals surface area (Å²) in [6.07, 6.45) is 10.7.